The molecule has 24 heavy (non-hydrogen) atoms. The van der Waals surface area contributed by atoms with E-state index in [4.69, 9.17) is 0 Å². The van der Waals surface area contributed by atoms with Gasteiger partial charge in [0.2, 0.25) is 5.75 Å². The zero-order valence-corrected chi connectivity index (χ0v) is 12.5. The van der Waals surface area contributed by atoms with Crippen LogP contribution in [0.2, 0.25) is 0 Å². The topological polar surface area (TPSA) is 102 Å². The van der Waals surface area contributed by atoms with Crippen LogP contribution in [-0.4, -0.2) is 27.4 Å². The molecule has 0 unspecified atom stereocenters. The summed E-state index contributed by atoms with van der Waals surface area (Å²) >= 11 is 0. The number of fused-ring (bicyclic) bond motifs is 1. The third kappa shape index (κ3) is 2.98. The van der Waals surface area contributed by atoms with Crippen molar-refractivity contribution in [2.45, 2.75) is 0 Å². The van der Waals surface area contributed by atoms with Crippen molar-refractivity contribution in [3.63, 3.8) is 0 Å². The number of hydrogen-bond donors (Lipinski definition) is 4. The zero-order chi connectivity index (χ0) is 17.1. The summed E-state index contributed by atoms with van der Waals surface area (Å²) < 4.78 is 0. The highest BCUT2D eigenvalue weighted by Gasteiger charge is 2.09. The first-order valence-electron chi connectivity index (χ1n) is 7.12. The van der Waals surface area contributed by atoms with Crippen LogP contribution in [0.15, 0.2) is 59.7 Å². The van der Waals surface area contributed by atoms with Gasteiger partial charge >= 0.3 is 0 Å². The first kappa shape index (κ1) is 15.4. The molecule has 0 atom stereocenters. The SMILES string of the molecule is O=C(NN=Cc1ccc(O)c(O)c1O)c1ccc2ccccc2c1. The maximum atomic E-state index is 12.1. The lowest BCUT2D eigenvalue weighted by Gasteiger charge is -2.04. The van der Waals surface area contributed by atoms with Gasteiger partial charge in [0, 0.05) is 11.1 Å². The maximum Gasteiger partial charge on any atom is 0.271 e. The van der Waals surface area contributed by atoms with E-state index in [0.29, 0.717) is 5.56 Å². The molecule has 6 nitrogen and oxygen atoms in total. The third-order valence-electron chi connectivity index (χ3n) is 3.54. The highest BCUT2D eigenvalue weighted by atomic mass is 16.3. The Morgan fingerprint density at radius 2 is 1.67 bits per heavy atom. The van der Waals surface area contributed by atoms with E-state index >= 15 is 0 Å². The molecule has 3 aromatic rings. The average molecular weight is 322 g/mol. The molecule has 3 rings (SSSR count). The van der Waals surface area contributed by atoms with Crippen LogP contribution in [0.5, 0.6) is 17.2 Å². The number of hydrazone groups is 1. The first-order chi connectivity index (χ1) is 11.6. The lowest BCUT2D eigenvalue weighted by Crippen LogP contribution is -2.17. The quantitative estimate of drug-likeness (QED) is 0.338. The van der Waals surface area contributed by atoms with E-state index in [0.717, 1.165) is 10.8 Å². The summed E-state index contributed by atoms with van der Waals surface area (Å²) in [5.41, 5.74) is 2.95. The van der Waals surface area contributed by atoms with E-state index in [1.807, 2.05) is 30.3 Å². The van der Waals surface area contributed by atoms with E-state index in [9.17, 15) is 20.1 Å². The Labute approximate surface area is 137 Å². The normalized spacial score (nSPS) is 11.0. The van der Waals surface area contributed by atoms with Gasteiger partial charge in [0.05, 0.1) is 6.21 Å². The van der Waals surface area contributed by atoms with E-state index in [1.165, 1.54) is 18.3 Å². The molecule has 0 aromatic heterocycles. The predicted octanol–water partition coefficient (Wildman–Crippen LogP) is 2.72. The zero-order valence-electron chi connectivity index (χ0n) is 12.5. The van der Waals surface area contributed by atoms with E-state index in [2.05, 4.69) is 10.5 Å². The van der Waals surface area contributed by atoms with Crippen molar-refractivity contribution in [2.75, 3.05) is 0 Å². The lowest BCUT2D eigenvalue weighted by atomic mass is 10.1. The smallest absolute Gasteiger partial charge is 0.271 e. The summed E-state index contributed by atoms with van der Waals surface area (Å²) in [5, 5.41) is 34.1. The van der Waals surface area contributed by atoms with Gasteiger partial charge in [-0.05, 0) is 35.0 Å². The largest absolute Gasteiger partial charge is 0.504 e. The Hall–Kier alpha value is -3.54. The molecule has 4 N–H and O–H groups in total. The Kier molecular flexibility index (Phi) is 4.03. The molecule has 1 amide bonds. The van der Waals surface area contributed by atoms with Gasteiger partial charge in [0.15, 0.2) is 11.5 Å². The van der Waals surface area contributed by atoms with Crippen molar-refractivity contribution in [1.82, 2.24) is 5.43 Å². The molecular weight excluding hydrogens is 308 g/mol. The summed E-state index contributed by atoms with van der Waals surface area (Å²) in [5.74, 6) is -2.00. The number of benzene rings is 3. The minimum absolute atomic E-state index is 0.157. The molecule has 0 aliphatic heterocycles. The molecule has 3 aromatic carbocycles. The van der Waals surface area contributed by atoms with E-state index in [1.54, 1.807) is 12.1 Å². The summed E-state index contributed by atoms with van der Waals surface area (Å²) in [6.07, 6.45) is 1.17. The van der Waals surface area contributed by atoms with Crippen LogP contribution in [0.3, 0.4) is 0 Å². The summed E-state index contributed by atoms with van der Waals surface area (Å²) in [7, 11) is 0. The molecule has 0 aliphatic carbocycles. The van der Waals surface area contributed by atoms with Gasteiger partial charge in [0.1, 0.15) is 0 Å². The van der Waals surface area contributed by atoms with Crippen molar-refractivity contribution in [1.29, 1.82) is 0 Å². The van der Waals surface area contributed by atoms with Crippen molar-refractivity contribution in [3.8, 4) is 17.2 Å². The molecule has 120 valence electrons. The molecule has 0 saturated carbocycles. The number of phenols is 3. The van der Waals surface area contributed by atoms with Crippen LogP contribution in [-0.2, 0) is 0 Å². The van der Waals surface area contributed by atoms with Gasteiger partial charge in [-0.1, -0.05) is 30.3 Å². The molecule has 0 bridgehead atoms. The standard InChI is InChI=1S/C18H14N2O4/c21-15-8-7-14(16(22)17(15)23)10-19-20-18(24)13-6-5-11-3-1-2-4-12(11)9-13/h1-10,21-23H,(H,20,24). The monoisotopic (exact) mass is 322 g/mol. The maximum absolute atomic E-state index is 12.1. The number of rotatable bonds is 3. The van der Waals surface area contributed by atoms with Crippen LogP contribution >= 0.6 is 0 Å². The number of nitrogens with zero attached hydrogens (tertiary/aromatic N) is 1. The second-order valence-electron chi connectivity index (χ2n) is 5.13. The van der Waals surface area contributed by atoms with Crippen LogP contribution in [0.4, 0.5) is 0 Å². The number of carbonyl (C=O) groups is 1. The van der Waals surface area contributed by atoms with Crippen molar-refractivity contribution in [2.24, 2.45) is 5.10 Å². The van der Waals surface area contributed by atoms with Crippen molar-refractivity contribution in [3.05, 3.63) is 65.7 Å². The van der Waals surface area contributed by atoms with Crippen molar-refractivity contribution >= 4 is 22.9 Å². The molecular formula is C18H14N2O4. The summed E-state index contributed by atoms with van der Waals surface area (Å²) in [6, 6.07) is 15.5. The van der Waals surface area contributed by atoms with E-state index < -0.39 is 23.2 Å². The number of phenolic OH excluding ortho intramolecular Hbond substituents is 3. The lowest BCUT2D eigenvalue weighted by molar-refractivity contribution is 0.0955. The average Bonchev–Trinajstić information content (AvgIpc) is 2.61. The number of nitrogens with one attached hydrogen (secondary N) is 1. The molecule has 0 aliphatic rings. The second kappa shape index (κ2) is 6.29. The highest BCUT2D eigenvalue weighted by molar-refractivity contribution is 5.99. The molecule has 6 heteroatoms. The van der Waals surface area contributed by atoms with Crippen LogP contribution in [0, 0.1) is 0 Å². The fraction of sp³-hybridized carbons (Fsp3) is 0. The Morgan fingerprint density at radius 3 is 2.46 bits per heavy atom. The number of aromatic hydroxyl groups is 3. The number of amides is 1. The Balaban J connectivity index is 1.76. The summed E-state index contributed by atoms with van der Waals surface area (Å²) in [4.78, 5) is 12.1. The minimum atomic E-state index is -0.639. The Bertz CT molecular complexity index is 951. The third-order valence-corrected chi connectivity index (χ3v) is 3.54. The van der Waals surface area contributed by atoms with Crippen LogP contribution in [0.1, 0.15) is 15.9 Å². The second-order valence-corrected chi connectivity index (χ2v) is 5.13. The number of hydrogen-bond acceptors (Lipinski definition) is 5. The van der Waals surface area contributed by atoms with Gasteiger partial charge in [-0.3, -0.25) is 4.79 Å². The predicted molar refractivity (Wildman–Crippen MR) is 90.4 cm³/mol. The van der Waals surface area contributed by atoms with Gasteiger partial charge in [-0.2, -0.15) is 5.10 Å². The molecule has 0 radical (unpaired) electrons. The van der Waals surface area contributed by atoms with Gasteiger partial charge in [0.25, 0.3) is 5.91 Å². The highest BCUT2D eigenvalue weighted by Crippen LogP contribution is 2.36. The molecule has 0 heterocycles. The fourth-order valence-corrected chi connectivity index (χ4v) is 2.24. The molecule has 0 spiro atoms. The van der Waals surface area contributed by atoms with Crippen LogP contribution < -0.4 is 5.43 Å². The first-order valence-corrected chi connectivity index (χ1v) is 7.12. The van der Waals surface area contributed by atoms with Crippen LogP contribution in [0.25, 0.3) is 10.8 Å². The molecule has 0 fully saturated rings. The van der Waals surface area contributed by atoms with Gasteiger partial charge < -0.3 is 15.3 Å². The minimum Gasteiger partial charge on any atom is -0.504 e. The fourth-order valence-electron chi connectivity index (χ4n) is 2.24. The van der Waals surface area contributed by atoms with E-state index in [-0.39, 0.29) is 5.56 Å². The van der Waals surface area contributed by atoms with Gasteiger partial charge in [-0.25, -0.2) is 5.43 Å². The summed E-state index contributed by atoms with van der Waals surface area (Å²) in [6.45, 7) is 0. The Morgan fingerprint density at radius 1 is 0.917 bits per heavy atom. The molecule has 0 saturated heterocycles. The van der Waals surface area contributed by atoms with Crippen molar-refractivity contribution < 1.29 is 20.1 Å². The number of carbonyl (C=O) groups excluding carboxylic acids is 1. The van der Waals surface area contributed by atoms with Gasteiger partial charge in [-0.15, -0.1) is 0 Å².